The van der Waals surface area contributed by atoms with Crippen molar-refractivity contribution in [1.82, 2.24) is 20.2 Å². The molecule has 0 atom stereocenters. The smallest absolute Gasteiger partial charge is 0.328 e. The number of rotatable bonds is 4. The molecule has 0 spiro atoms. The number of hydrogen-bond acceptors (Lipinski definition) is 4. The van der Waals surface area contributed by atoms with Gasteiger partial charge in [-0.3, -0.25) is 19.1 Å². The van der Waals surface area contributed by atoms with Gasteiger partial charge in [-0.05, 0) is 32.6 Å². The first-order valence-corrected chi connectivity index (χ1v) is 7.89. The van der Waals surface area contributed by atoms with E-state index in [1.54, 1.807) is 0 Å². The molecule has 2 heterocycles. The molecular weight excluding hydrogens is 364 g/mol. The molecule has 1 aromatic carbocycles. The van der Waals surface area contributed by atoms with Gasteiger partial charge in [0.25, 0.3) is 5.56 Å². The number of H-pyrrole nitrogens is 1. The zero-order chi connectivity index (χ0) is 16.4. The first-order valence-electron chi connectivity index (χ1n) is 7.10. The summed E-state index contributed by atoms with van der Waals surface area (Å²) in [5.74, 6) is -0.301. The van der Waals surface area contributed by atoms with Crippen molar-refractivity contribution in [2.24, 2.45) is 0 Å². The van der Waals surface area contributed by atoms with E-state index >= 15 is 0 Å². The molecule has 0 fully saturated rings. The fourth-order valence-electron chi connectivity index (χ4n) is 2.47. The minimum Gasteiger partial charge on any atom is -0.350 e. The second kappa shape index (κ2) is 6.51. The Balaban J connectivity index is 1.63. The monoisotopic (exact) mass is 378 g/mol. The number of carbonyl (C=O) groups is 1. The molecule has 3 rings (SSSR count). The van der Waals surface area contributed by atoms with Crippen molar-refractivity contribution in [3.63, 3.8) is 0 Å². The highest BCUT2D eigenvalue weighted by Crippen LogP contribution is 2.16. The van der Waals surface area contributed by atoms with Crippen LogP contribution in [-0.2, 0) is 31.0 Å². The van der Waals surface area contributed by atoms with Crippen LogP contribution in [0.1, 0.15) is 16.7 Å². The van der Waals surface area contributed by atoms with Crippen LogP contribution in [-0.4, -0.2) is 15.5 Å². The van der Waals surface area contributed by atoms with Gasteiger partial charge in [-0.1, -0.05) is 18.2 Å². The SMILES string of the molecule is O=C(Cn1cc(Br)c(=O)[nH]c1=O)NCc1ccc2c(c1)CNC2. The summed E-state index contributed by atoms with van der Waals surface area (Å²) < 4.78 is 1.35. The van der Waals surface area contributed by atoms with Crippen LogP contribution in [0.4, 0.5) is 0 Å². The van der Waals surface area contributed by atoms with Crippen molar-refractivity contribution in [2.45, 2.75) is 26.2 Å². The molecule has 8 heteroatoms. The Morgan fingerprint density at radius 3 is 2.87 bits per heavy atom. The summed E-state index contributed by atoms with van der Waals surface area (Å²) in [7, 11) is 0. The molecule has 1 aromatic heterocycles. The Kier molecular flexibility index (Phi) is 4.44. The zero-order valence-corrected chi connectivity index (χ0v) is 13.8. The van der Waals surface area contributed by atoms with Crippen molar-refractivity contribution in [3.8, 4) is 0 Å². The van der Waals surface area contributed by atoms with E-state index in [-0.39, 0.29) is 16.9 Å². The van der Waals surface area contributed by atoms with E-state index in [4.69, 9.17) is 0 Å². The Morgan fingerprint density at radius 1 is 1.26 bits per heavy atom. The van der Waals surface area contributed by atoms with Crippen LogP contribution >= 0.6 is 15.9 Å². The number of carbonyl (C=O) groups excluding carboxylic acids is 1. The Hall–Kier alpha value is -2.19. The summed E-state index contributed by atoms with van der Waals surface area (Å²) in [5, 5.41) is 6.04. The molecule has 3 N–H and O–H groups in total. The quantitative estimate of drug-likeness (QED) is 0.708. The van der Waals surface area contributed by atoms with E-state index in [0.717, 1.165) is 23.2 Å². The van der Waals surface area contributed by atoms with Gasteiger partial charge >= 0.3 is 5.69 Å². The molecule has 1 amide bonds. The van der Waals surface area contributed by atoms with Gasteiger partial charge in [-0.2, -0.15) is 0 Å². The first kappa shape index (κ1) is 15.7. The lowest BCUT2D eigenvalue weighted by molar-refractivity contribution is -0.121. The van der Waals surface area contributed by atoms with Gasteiger partial charge in [-0.15, -0.1) is 0 Å². The van der Waals surface area contributed by atoms with E-state index in [0.29, 0.717) is 6.54 Å². The number of aromatic nitrogens is 2. The minimum atomic E-state index is -0.614. The molecule has 2 aromatic rings. The predicted octanol–water partition coefficient (Wildman–Crippen LogP) is 0.219. The van der Waals surface area contributed by atoms with Crippen LogP contribution in [0.2, 0.25) is 0 Å². The molecule has 1 aliphatic heterocycles. The molecule has 120 valence electrons. The molecule has 0 saturated heterocycles. The van der Waals surface area contributed by atoms with Crippen LogP contribution in [0.15, 0.2) is 38.5 Å². The van der Waals surface area contributed by atoms with Gasteiger partial charge in [-0.25, -0.2) is 4.79 Å². The molecule has 23 heavy (non-hydrogen) atoms. The fourth-order valence-corrected chi connectivity index (χ4v) is 2.82. The average Bonchev–Trinajstić information content (AvgIpc) is 2.98. The second-order valence-corrected chi connectivity index (χ2v) is 6.20. The highest BCUT2D eigenvalue weighted by Gasteiger charge is 2.11. The molecule has 1 aliphatic rings. The highest BCUT2D eigenvalue weighted by molar-refractivity contribution is 9.10. The lowest BCUT2D eigenvalue weighted by Crippen LogP contribution is -2.35. The van der Waals surface area contributed by atoms with Crippen molar-refractivity contribution in [2.75, 3.05) is 0 Å². The van der Waals surface area contributed by atoms with Crippen molar-refractivity contribution >= 4 is 21.8 Å². The summed E-state index contributed by atoms with van der Waals surface area (Å²) in [6, 6.07) is 6.10. The largest absolute Gasteiger partial charge is 0.350 e. The number of nitrogens with zero attached hydrogens (tertiary/aromatic N) is 1. The molecule has 0 aliphatic carbocycles. The Morgan fingerprint density at radius 2 is 2.04 bits per heavy atom. The number of amides is 1. The normalized spacial score (nSPS) is 12.9. The van der Waals surface area contributed by atoms with Crippen LogP contribution in [0, 0.1) is 0 Å². The molecule has 0 bridgehead atoms. The summed E-state index contributed by atoms with van der Waals surface area (Å²) in [6.45, 7) is 1.97. The topological polar surface area (TPSA) is 96.0 Å². The molecule has 0 saturated carbocycles. The number of hydrogen-bond donors (Lipinski definition) is 3. The lowest BCUT2D eigenvalue weighted by Gasteiger charge is -2.08. The number of aromatic amines is 1. The van der Waals surface area contributed by atoms with Gasteiger partial charge in [0.15, 0.2) is 0 Å². The van der Waals surface area contributed by atoms with Crippen molar-refractivity contribution in [1.29, 1.82) is 0 Å². The molecule has 7 nitrogen and oxygen atoms in total. The van der Waals surface area contributed by atoms with Gasteiger partial charge in [0.2, 0.25) is 5.91 Å². The van der Waals surface area contributed by atoms with E-state index in [2.05, 4.69) is 43.7 Å². The highest BCUT2D eigenvalue weighted by atomic mass is 79.9. The maximum atomic E-state index is 12.0. The predicted molar refractivity (Wildman–Crippen MR) is 87.9 cm³/mol. The van der Waals surface area contributed by atoms with Crippen LogP contribution in [0.5, 0.6) is 0 Å². The van der Waals surface area contributed by atoms with Crippen LogP contribution in [0.3, 0.4) is 0 Å². The standard InChI is InChI=1S/C15H15BrN4O3/c16-12-7-20(15(23)19-14(12)22)8-13(21)18-4-9-1-2-10-5-17-6-11(10)3-9/h1-3,7,17H,4-6,8H2,(H,18,21)(H,19,22,23). The number of halogens is 1. The number of benzene rings is 1. The third-order valence-corrected chi connectivity index (χ3v) is 4.24. The molecule has 0 unspecified atom stereocenters. The maximum Gasteiger partial charge on any atom is 0.328 e. The van der Waals surface area contributed by atoms with Crippen molar-refractivity contribution < 1.29 is 4.79 Å². The van der Waals surface area contributed by atoms with E-state index in [9.17, 15) is 14.4 Å². The Labute approximate surface area is 139 Å². The zero-order valence-electron chi connectivity index (χ0n) is 12.2. The third-order valence-electron chi connectivity index (χ3n) is 3.67. The minimum absolute atomic E-state index is 0.152. The summed E-state index contributed by atoms with van der Waals surface area (Å²) >= 11 is 3.03. The molecule has 0 radical (unpaired) electrons. The van der Waals surface area contributed by atoms with Gasteiger partial charge < -0.3 is 10.6 Å². The fraction of sp³-hybridized carbons (Fsp3) is 0.267. The van der Waals surface area contributed by atoms with Crippen LogP contribution in [0.25, 0.3) is 0 Å². The average molecular weight is 379 g/mol. The lowest BCUT2D eigenvalue weighted by atomic mass is 10.1. The van der Waals surface area contributed by atoms with Gasteiger partial charge in [0.1, 0.15) is 6.54 Å². The third kappa shape index (κ3) is 3.59. The second-order valence-electron chi connectivity index (χ2n) is 5.35. The van der Waals surface area contributed by atoms with E-state index in [1.165, 1.54) is 17.3 Å². The summed E-state index contributed by atoms with van der Waals surface area (Å²) in [6.07, 6.45) is 1.31. The summed E-state index contributed by atoms with van der Waals surface area (Å²) in [4.78, 5) is 37.0. The maximum absolute atomic E-state index is 12.0. The molecular formula is C15H15BrN4O3. The number of fused-ring (bicyclic) bond motifs is 1. The van der Waals surface area contributed by atoms with Gasteiger partial charge in [0.05, 0.1) is 4.47 Å². The van der Waals surface area contributed by atoms with Crippen LogP contribution < -0.4 is 21.9 Å². The van der Waals surface area contributed by atoms with E-state index in [1.807, 2.05) is 6.07 Å². The Bertz CT molecular complexity index is 872. The van der Waals surface area contributed by atoms with Crippen molar-refractivity contribution in [3.05, 3.63) is 66.4 Å². The van der Waals surface area contributed by atoms with Gasteiger partial charge in [0, 0.05) is 25.8 Å². The number of nitrogens with one attached hydrogen (secondary N) is 3. The first-order chi connectivity index (χ1) is 11.0. The summed E-state index contributed by atoms with van der Waals surface area (Å²) in [5.41, 5.74) is 2.41. The van der Waals surface area contributed by atoms with E-state index < -0.39 is 11.2 Å².